The van der Waals surface area contributed by atoms with E-state index in [-0.39, 0.29) is 49.2 Å². The number of hydrogen-bond acceptors (Lipinski definition) is 6. The number of halogens is 2. The van der Waals surface area contributed by atoms with Crippen LogP contribution in [0.1, 0.15) is 105 Å². The van der Waals surface area contributed by atoms with Gasteiger partial charge in [0.25, 0.3) is 5.91 Å². The van der Waals surface area contributed by atoms with Gasteiger partial charge in [-0.05, 0) is 68.8 Å². The van der Waals surface area contributed by atoms with Crippen LogP contribution in [0.15, 0.2) is 24.7 Å². The Hall–Kier alpha value is -3.44. The van der Waals surface area contributed by atoms with Gasteiger partial charge in [0.2, 0.25) is 17.6 Å². The predicted molar refractivity (Wildman–Crippen MR) is 141 cm³/mol. The van der Waals surface area contributed by atoms with Crippen molar-refractivity contribution >= 4 is 17.6 Å². The molecule has 3 aliphatic rings. The van der Waals surface area contributed by atoms with Gasteiger partial charge in [-0.1, -0.05) is 6.92 Å². The van der Waals surface area contributed by atoms with E-state index in [0.29, 0.717) is 36.3 Å². The summed E-state index contributed by atoms with van der Waals surface area (Å²) in [6.45, 7) is 2.66. The zero-order chi connectivity index (χ0) is 27.9. The molecule has 6 rings (SSSR count). The molecular formula is C28H36F2N8O2. The minimum atomic E-state index is -2.69. The van der Waals surface area contributed by atoms with Crippen molar-refractivity contribution in [1.29, 1.82) is 0 Å². The Morgan fingerprint density at radius 3 is 2.42 bits per heavy atom. The maximum absolute atomic E-state index is 14.0. The number of fused-ring (bicyclic) bond motifs is 1. The van der Waals surface area contributed by atoms with Crippen molar-refractivity contribution in [3.63, 3.8) is 0 Å². The second-order valence-electron chi connectivity index (χ2n) is 11.7. The number of amides is 2. The van der Waals surface area contributed by atoms with Gasteiger partial charge >= 0.3 is 0 Å². The molecule has 0 aliphatic heterocycles. The molecular weight excluding hydrogens is 518 g/mol. The maximum Gasteiger partial charge on any atom is 0.274 e. The maximum atomic E-state index is 14.0. The molecule has 2 amide bonds. The average Bonchev–Trinajstić information content (AvgIpc) is 3.84. The Bertz CT molecular complexity index is 1370. The van der Waals surface area contributed by atoms with Crippen molar-refractivity contribution in [1.82, 2.24) is 40.0 Å². The Kier molecular flexibility index (Phi) is 7.26. The molecule has 3 heterocycles. The second kappa shape index (κ2) is 10.9. The van der Waals surface area contributed by atoms with Crippen LogP contribution in [-0.2, 0) is 11.3 Å². The van der Waals surface area contributed by atoms with E-state index in [4.69, 9.17) is 9.97 Å². The number of nitrogens with one attached hydrogen (secondary N) is 2. The minimum Gasteiger partial charge on any atom is -0.347 e. The monoisotopic (exact) mass is 554 g/mol. The Labute approximate surface area is 231 Å². The first-order valence-corrected chi connectivity index (χ1v) is 14.5. The summed E-state index contributed by atoms with van der Waals surface area (Å²) in [5.74, 6) is -1.92. The summed E-state index contributed by atoms with van der Waals surface area (Å²) in [6.07, 6.45) is 10.8. The summed E-state index contributed by atoms with van der Waals surface area (Å²) < 4.78 is 29.8. The molecule has 3 aliphatic carbocycles. The smallest absolute Gasteiger partial charge is 0.274 e. The van der Waals surface area contributed by atoms with Crippen LogP contribution in [0, 0.1) is 17.8 Å². The van der Waals surface area contributed by atoms with Gasteiger partial charge in [0.15, 0.2) is 5.69 Å². The van der Waals surface area contributed by atoms with Gasteiger partial charge in [0, 0.05) is 31.7 Å². The van der Waals surface area contributed by atoms with Crippen LogP contribution in [0.25, 0.3) is 5.78 Å². The first kappa shape index (κ1) is 26.8. The fourth-order valence-electron chi connectivity index (χ4n) is 5.63. The molecule has 0 unspecified atom stereocenters. The van der Waals surface area contributed by atoms with Crippen LogP contribution in [0.4, 0.5) is 8.78 Å². The highest BCUT2D eigenvalue weighted by atomic mass is 19.3. The topological polar surface area (TPSA) is 119 Å². The zero-order valence-electron chi connectivity index (χ0n) is 22.7. The van der Waals surface area contributed by atoms with Crippen molar-refractivity contribution in [3.8, 4) is 0 Å². The van der Waals surface area contributed by atoms with Gasteiger partial charge in [-0.25, -0.2) is 18.7 Å². The molecule has 40 heavy (non-hydrogen) atoms. The average molecular weight is 555 g/mol. The van der Waals surface area contributed by atoms with Gasteiger partial charge in [0.05, 0.1) is 36.2 Å². The molecule has 3 saturated carbocycles. The third-order valence-electron chi connectivity index (χ3n) is 8.30. The van der Waals surface area contributed by atoms with Crippen LogP contribution in [-0.4, -0.2) is 47.1 Å². The fraction of sp³-hybridized carbons (Fsp3) is 0.643. The van der Waals surface area contributed by atoms with Gasteiger partial charge in [0.1, 0.15) is 0 Å². The molecule has 12 heteroatoms. The molecule has 0 bridgehead atoms. The molecule has 0 saturated heterocycles. The number of carbonyl (C=O) groups is 2. The standard InChI is InChI=1S/C28H36F2N8O2/c1-2-3-23(39)34-24(18-6-7-18)20-10-13-37-16-22(33-27(37)32-20)25(19-8-11-28(29,30)12-9-19)35-26(40)21-14-31-38(36-21)15-17-4-5-17/h10,13-14,16-19,24-25H,2-9,11-12,15H2,1H3,(H,34,39)(H,35,40)/t24-,25+/m1/s1. The van der Waals surface area contributed by atoms with E-state index in [1.807, 2.05) is 19.2 Å². The van der Waals surface area contributed by atoms with E-state index in [2.05, 4.69) is 20.8 Å². The molecule has 2 N–H and O–H groups in total. The minimum absolute atomic E-state index is 0.0102. The van der Waals surface area contributed by atoms with Crippen LogP contribution in [0.2, 0.25) is 0 Å². The van der Waals surface area contributed by atoms with Crippen molar-refractivity contribution in [3.05, 3.63) is 41.7 Å². The SMILES string of the molecule is CCCC(=O)N[C@@H](c1ccn2cc([C@@H](NC(=O)c3cnn(CC4CC4)n3)C3CCC(F)(F)CC3)nc2n1)C1CC1. The lowest BCUT2D eigenvalue weighted by Crippen LogP contribution is -2.37. The summed E-state index contributed by atoms with van der Waals surface area (Å²) in [7, 11) is 0. The number of nitrogens with zero attached hydrogens (tertiary/aromatic N) is 6. The molecule has 0 radical (unpaired) electrons. The molecule has 3 aromatic rings. The van der Waals surface area contributed by atoms with Gasteiger partial charge < -0.3 is 10.6 Å². The predicted octanol–water partition coefficient (Wildman–Crippen LogP) is 4.39. The third kappa shape index (κ3) is 6.15. The van der Waals surface area contributed by atoms with Crippen molar-refractivity contribution in [2.45, 2.75) is 95.7 Å². The lowest BCUT2D eigenvalue weighted by molar-refractivity contribution is -0.122. The van der Waals surface area contributed by atoms with Crippen LogP contribution < -0.4 is 10.6 Å². The van der Waals surface area contributed by atoms with Crippen molar-refractivity contribution in [2.24, 2.45) is 17.8 Å². The number of hydrogen-bond donors (Lipinski definition) is 2. The highest BCUT2D eigenvalue weighted by Crippen LogP contribution is 2.42. The quantitative estimate of drug-likeness (QED) is 0.363. The van der Waals surface area contributed by atoms with Crippen LogP contribution in [0.3, 0.4) is 0 Å². The van der Waals surface area contributed by atoms with Gasteiger partial charge in [-0.2, -0.15) is 9.90 Å². The number of alkyl halides is 2. The van der Waals surface area contributed by atoms with E-state index in [9.17, 15) is 18.4 Å². The van der Waals surface area contributed by atoms with E-state index in [1.165, 1.54) is 6.20 Å². The molecule has 214 valence electrons. The number of carbonyl (C=O) groups excluding carboxylic acids is 2. The first-order chi connectivity index (χ1) is 19.3. The summed E-state index contributed by atoms with van der Waals surface area (Å²) in [6, 6.07) is 1.14. The fourth-order valence-corrected chi connectivity index (χ4v) is 5.63. The van der Waals surface area contributed by atoms with Crippen LogP contribution in [0.5, 0.6) is 0 Å². The lowest BCUT2D eigenvalue weighted by Gasteiger charge is -2.33. The zero-order valence-corrected chi connectivity index (χ0v) is 22.7. The number of imidazole rings is 1. The van der Waals surface area contributed by atoms with Crippen molar-refractivity contribution < 1.29 is 18.4 Å². The van der Waals surface area contributed by atoms with Crippen LogP contribution >= 0.6 is 0 Å². The summed E-state index contributed by atoms with van der Waals surface area (Å²) in [5.41, 5.74) is 1.52. The second-order valence-corrected chi connectivity index (χ2v) is 11.7. The first-order valence-electron chi connectivity index (χ1n) is 14.5. The van der Waals surface area contributed by atoms with E-state index >= 15 is 0 Å². The summed E-state index contributed by atoms with van der Waals surface area (Å²) >= 11 is 0. The van der Waals surface area contributed by atoms with Gasteiger partial charge in [-0.3, -0.25) is 14.0 Å². The molecule has 0 aromatic carbocycles. The van der Waals surface area contributed by atoms with E-state index < -0.39 is 17.9 Å². The largest absolute Gasteiger partial charge is 0.347 e. The van der Waals surface area contributed by atoms with E-state index in [0.717, 1.165) is 37.8 Å². The molecule has 10 nitrogen and oxygen atoms in total. The highest BCUT2D eigenvalue weighted by Gasteiger charge is 2.40. The normalized spacial score (nSPS) is 20.8. The Morgan fingerprint density at radius 1 is 1.02 bits per heavy atom. The van der Waals surface area contributed by atoms with Gasteiger partial charge in [-0.15, -0.1) is 5.10 Å². The van der Waals surface area contributed by atoms with Crippen molar-refractivity contribution in [2.75, 3.05) is 0 Å². The summed E-state index contributed by atoms with van der Waals surface area (Å²) in [4.78, 5) is 36.7. The highest BCUT2D eigenvalue weighted by molar-refractivity contribution is 5.92. The van der Waals surface area contributed by atoms with E-state index in [1.54, 1.807) is 15.4 Å². The number of rotatable bonds is 11. The molecule has 3 aromatic heterocycles. The number of aromatic nitrogens is 6. The molecule has 2 atom stereocenters. The molecule has 0 spiro atoms. The Balaban J connectivity index is 1.25. The third-order valence-corrected chi connectivity index (χ3v) is 8.30. The Morgan fingerprint density at radius 2 is 1.73 bits per heavy atom. The lowest BCUT2D eigenvalue weighted by atomic mass is 9.81. The molecule has 3 fully saturated rings. The summed E-state index contributed by atoms with van der Waals surface area (Å²) in [5, 5.41) is 14.7.